The van der Waals surface area contributed by atoms with Gasteiger partial charge in [-0.15, -0.1) is 0 Å². The molecule has 0 radical (unpaired) electrons. The Morgan fingerprint density at radius 1 is 0.706 bits per heavy atom. The smallest absolute Gasteiger partial charge is 0.0849 e. The molecule has 88 valence electrons. The zero-order chi connectivity index (χ0) is 12.1. The van der Waals surface area contributed by atoms with Crippen molar-refractivity contribution in [3.05, 3.63) is 59.7 Å². The van der Waals surface area contributed by atoms with E-state index in [9.17, 15) is 0 Å². The lowest BCUT2D eigenvalue weighted by atomic mass is 10.2. The van der Waals surface area contributed by atoms with Crippen molar-refractivity contribution in [1.82, 2.24) is 0 Å². The predicted octanol–water partition coefficient (Wildman–Crippen LogP) is 3.78. The molecule has 0 aliphatic heterocycles. The number of nitrogens with one attached hydrogen (secondary N) is 2. The molecule has 2 nitrogen and oxygen atoms in total. The summed E-state index contributed by atoms with van der Waals surface area (Å²) < 4.78 is 0. The lowest BCUT2D eigenvalue weighted by Gasteiger charge is -2.12. The van der Waals surface area contributed by atoms with Gasteiger partial charge in [-0.05, 0) is 37.1 Å². The van der Waals surface area contributed by atoms with Crippen LogP contribution >= 0.6 is 0 Å². The van der Waals surface area contributed by atoms with Crippen LogP contribution < -0.4 is 10.6 Å². The molecule has 0 aromatic heterocycles. The third-order valence-electron chi connectivity index (χ3n) is 2.85. The maximum Gasteiger partial charge on any atom is 0.0849 e. The van der Waals surface area contributed by atoms with E-state index in [-0.39, 0.29) is 0 Å². The molecular formula is C15H18N2. The van der Waals surface area contributed by atoms with Gasteiger partial charge in [-0.2, -0.15) is 0 Å². The zero-order valence-electron chi connectivity index (χ0n) is 10.3. The first-order chi connectivity index (χ1) is 8.27. The number of hydrogen-bond donors (Lipinski definition) is 2. The Balaban J connectivity index is 1.93. The molecule has 2 aromatic rings. The predicted molar refractivity (Wildman–Crippen MR) is 74.5 cm³/mol. The maximum absolute atomic E-state index is 3.38. The van der Waals surface area contributed by atoms with Crippen LogP contribution in [0.5, 0.6) is 0 Å². The second-order valence-corrected chi connectivity index (χ2v) is 4.16. The summed E-state index contributed by atoms with van der Waals surface area (Å²) >= 11 is 0. The monoisotopic (exact) mass is 226 g/mol. The first kappa shape index (κ1) is 11.5. The van der Waals surface area contributed by atoms with Gasteiger partial charge >= 0.3 is 0 Å². The third-order valence-corrected chi connectivity index (χ3v) is 2.85. The van der Waals surface area contributed by atoms with Gasteiger partial charge in [0.1, 0.15) is 0 Å². The van der Waals surface area contributed by atoms with Gasteiger partial charge in [0, 0.05) is 11.4 Å². The number of para-hydroxylation sites is 2. The van der Waals surface area contributed by atoms with E-state index in [0.29, 0.717) is 0 Å². The van der Waals surface area contributed by atoms with Crippen molar-refractivity contribution in [2.75, 3.05) is 17.3 Å². The van der Waals surface area contributed by atoms with Crippen molar-refractivity contribution in [1.29, 1.82) is 0 Å². The Morgan fingerprint density at radius 2 is 1.12 bits per heavy atom. The highest BCUT2D eigenvalue weighted by Gasteiger charge is 1.97. The SMILES string of the molecule is Cc1ccccc1NCNc1ccccc1C. The molecule has 0 aliphatic carbocycles. The Labute approximate surface area is 103 Å². The van der Waals surface area contributed by atoms with Crippen LogP contribution in [0.25, 0.3) is 0 Å². The summed E-state index contributed by atoms with van der Waals surface area (Å²) in [5.41, 5.74) is 4.88. The van der Waals surface area contributed by atoms with E-state index in [1.54, 1.807) is 0 Å². The standard InChI is InChI=1S/C15H18N2/c1-12-7-3-5-9-14(12)16-11-17-15-10-6-4-8-13(15)2/h3-10,16-17H,11H2,1-2H3. The summed E-state index contributed by atoms with van der Waals surface area (Å²) in [6.45, 7) is 4.95. The summed E-state index contributed by atoms with van der Waals surface area (Å²) in [5.74, 6) is 0. The Hall–Kier alpha value is -1.96. The average Bonchev–Trinajstić information content (AvgIpc) is 2.34. The molecule has 0 bridgehead atoms. The molecule has 0 atom stereocenters. The summed E-state index contributed by atoms with van der Waals surface area (Å²) in [7, 11) is 0. The average molecular weight is 226 g/mol. The maximum atomic E-state index is 3.38. The topological polar surface area (TPSA) is 24.1 Å². The molecule has 2 heteroatoms. The zero-order valence-corrected chi connectivity index (χ0v) is 10.3. The van der Waals surface area contributed by atoms with Crippen LogP contribution in [-0.4, -0.2) is 6.67 Å². The van der Waals surface area contributed by atoms with Crippen molar-refractivity contribution < 1.29 is 0 Å². The first-order valence-electron chi connectivity index (χ1n) is 5.86. The molecule has 0 aliphatic rings. The molecule has 0 heterocycles. The normalized spacial score (nSPS) is 10.0. The minimum Gasteiger partial charge on any atom is -0.368 e. The van der Waals surface area contributed by atoms with Gasteiger partial charge in [0.2, 0.25) is 0 Å². The van der Waals surface area contributed by atoms with Gasteiger partial charge in [0.25, 0.3) is 0 Å². The fraction of sp³-hybridized carbons (Fsp3) is 0.200. The minimum atomic E-state index is 0.732. The Kier molecular flexibility index (Phi) is 3.66. The lowest BCUT2D eigenvalue weighted by molar-refractivity contribution is 1.19. The molecule has 17 heavy (non-hydrogen) atoms. The summed E-state index contributed by atoms with van der Waals surface area (Å²) in [5, 5.41) is 6.76. The van der Waals surface area contributed by atoms with Crippen LogP contribution in [0, 0.1) is 13.8 Å². The van der Waals surface area contributed by atoms with Gasteiger partial charge in [-0.25, -0.2) is 0 Å². The van der Waals surface area contributed by atoms with E-state index < -0.39 is 0 Å². The van der Waals surface area contributed by atoms with E-state index in [4.69, 9.17) is 0 Å². The fourth-order valence-corrected chi connectivity index (χ4v) is 1.78. The van der Waals surface area contributed by atoms with Gasteiger partial charge in [-0.1, -0.05) is 36.4 Å². The van der Waals surface area contributed by atoms with Gasteiger partial charge in [0.15, 0.2) is 0 Å². The highest BCUT2D eigenvalue weighted by atomic mass is 15.1. The second kappa shape index (κ2) is 5.39. The molecule has 2 rings (SSSR count). The quantitative estimate of drug-likeness (QED) is 0.775. The lowest BCUT2D eigenvalue weighted by Crippen LogP contribution is -2.12. The summed E-state index contributed by atoms with van der Waals surface area (Å²) in [6.07, 6.45) is 0. The molecule has 0 spiro atoms. The van der Waals surface area contributed by atoms with E-state index in [1.807, 2.05) is 12.1 Å². The molecule has 2 N–H and O–H groups in total. The molecule has 0 saturated carbocycles. The molecule has 2 aromatic carbocycles. The van der Waals surface area contributed by atoms with Gasteiger partial charge < -0.3 is 10.6 Å². The summed E-state index contributed by atoms with van der Waals surface area (Å²) in [6, 6.07) is 16.6. The van der Waals surface area contributed by atoms with Crippen molar-refractivity contribution in [2.45, 2.75) is 13.8 Å². The molecule has 0 fully saturated rings. The van der Waals surface area contributed by atoms with Crippen LogP contribution in [0.3, 0.4) is 0 Å². The number of anilines is 2. The minimum absolute atomic E-state index is 0.732. The van der Waals surface area contributed by atoms with Crippen LogP contribution in [0.15, 0.2) is 48.5 Å². The van der Waals surface area contributed by atoms with Crippen LogP contribution in [0.1, 0.15) is 11.1 Å². The number of rotatable bonds is 4. The van der Waals surface area contributed by atoms with Crippen molar-refractivity contribution in [3.63, 3.8) is 0 Å². The largest absolute Gasteiger partial charge is 0.368 e. The van der Waals surface area contributed by atoms with Crippen molar-refractivity contribution in [2.24, 2.45) is 0 Å². The molecule has 0 unspecified atom stereocenters. The molecule has 0 amide bonds. The fourth-order valence-electron chi connectivity index (χ4n) is 1.78. The highest BCUT2D eigenvalue weighted by molar-refractivity contribution is 5.54. The Morgan fingerprint density at radius 3 is 1.53 bits per heavy atom. The van der Waals surface area contributed by atoms with Gasteiger partial charge in [0.05, 0.1) is 6.67 Å². The highest BCUT2D eigenvalue weighted by Crippen LogP contribution is 2.15. The number of benzene rings is 2. The van der Waals surface area contributed by atoms with E-state index in [1.165, 1.54) is 22.5 Å². The molecular weight excluding hydrogens is 208 g/mol. The second-order valence-electron chi connectivity index (χ2n) is 4.16. The van der Waals surface area contributed by atoms with E-state index >= 15 is 0 Å². The van der Waals surface area contributed by atoms with Crippen LogP contribution in [0.4, 0.5) is 11.4 Å². The number of aryl methyl sites for hydroxylation is 2. The van der Waals surface area contributed by atoms with Crippen molar-refractivity contribution >= 4 is 11.4 Å². The van der Waals surface area contributed by atoms with E-state index in [2.05, 4.69) is 60.9 Å². The van der Waals surface area contributed by atoms with Crippen LogP contribution in [0.2, 0.25) is 0 Å². The number of hydrogen-bond acceptors (Lipinski definition) is 2. The Bertz CT molecular complexity index is 446. The first-order valence-corrected chi connectivity index (χ1v) is 5.86. The van der Waals surface area contributed by atoms with Gasteiger partial charge in [-0.3, -0.25) is 0 Å². The van der Waals surface area contributed by atoms with E-state index in [0.717, 1.165) is 6.67 Å². The van der Waals surface area contributed by atoms with Crippen molar-refractivity contribution in [3.8, 4) is 0 Å². The third kappa shape index (κ3) is 3.00. The van der Waals surface area contributed by atoms with Crippen LogP contribution in [-0.2, 0) is 0 Å². The molecule has 0 saturated heterocycles. The summed E-state index contributed by atoms with van der Waals surface area (Å²) in [4.78, 5) is 0.